The second-order valence-electron chi connectivity index (χ2n) is 4.33. The summed E-state index contributed by atoms with van der Waals surface area (Å²) < 4.78 is 0. The van der Waals surface area contributed by atoms with Crippen molar-refractivity contribution in [2.24, 2.45) is 5.10 Å². The lowest BCUT2D eigenvalue weighted by Gasteiger charge is -2.02. The predicted molar refractivity (Wildman–Crippen MR) is 80.7 cm³/mol. The topological polar surface area (TPSA) is 151 Å². The van der Waals surface area contributed by atoms with Crippen LogP contribution in [-0.2, 0) is 0 Å². The van der Waals surface area contributed by atoms with Crippen molar-refractivity contribution in [2.45, 2.75) is 0 Å². The highest BCUT2D eigenvalue weighted by atomic mass is 16.6. The van der Waals surface area contributed by atoms with E-state index in [0.29, 0.717) is 0 Å². The fraction of sp³-hybridized carbons (Fsp3) is 0. The van der Waals surface area contributed by atoms with Gasteiger partial charge in [0.15, 0.2) is 0 Å². The first-order valence-corrected chi connectivity index (χ1v) is 6.12. The number of nitrogens with one attached hydrogen (secondary N) is 1. The molecule has 0 aromatic heterocycles. The van der Waals surface area contributed by atoms with Crippen LogP contribution in [0.25, 0.3) is 0 Å². The summed E-state index contributed by atoms with van der Waals surface area (Å²) in [5, 5.41) is 44.0. The molecular formula is C13H10N4O6. The number of aromatic hydroxyl groups is 2. The van der Waals surface area contributed by atoms with Crippen LogP contribution in [0.1, 0.15) is 5.56 Å². The minimum atomic E-state index is -0.775. The van der Waals surface area contributed by atoms with Gasteiger partial charge in [-0.1, -0.05) is 0 Å². The van der Waals surface area contributed by atoms with Crippen LogP contribution in [0.15, 0.2) is 41.5 Å². The average molecular weight is 318 g/mol. The van der Waals surface area contributed by atoms with Crippen molar-refractivity contribution in [1.82, 2.24) is 0 Å². The zero-order chi connectivity index (χ0) is 17.0. The van der Waals surface area contributed by atoms with E-state index in [1.165, 1.54) is 18.3 Å². The van der Waals surface area contributed by atoms with Gasteiger partial charge in [0.2, 0.25) is 0 Å². The summed E-state index contributed by atoms with van der Waals surface area (Å²) in [6.45, 7) is 0. The Morgan fingerprint density at radius 1 is 1.04 bits per heavy atom. The van der Waals surface area contributed by atoms with Gasteiger partial charge in [0.1, 0.15) is 17.2 Å². The molecule has 10 heteroatoms. The molecule has 0 fully saturated rings. The maximum Gasteiger partial charge on any atom is 0.301 e. The van der Waals surface area contributed by atoms with Crippen LogP contribution in [0.5, 0.6) is 11.5 Å². The van der Waals surface area contributed by atoms with Gasteiger partial charge in [-0.15, -0.1) is 0 Å². The van der Waals surface area contributed by atoms with E-state index >= 15 is 0 Å². The van der Waals surface area contributed by atoms with Crippen LogP contribution in [0.3, 0.4) is 0 Å². The molecule has 0 atom stereocenters. The minimum Gasteiger partial charge on any atom is -0.508 e. The molecule has 0 spiro atoms. The Labute approximate surface area is 128 Å². The molecule has 2 aromatic carbocycles. The fourth-order valence-corrected chi connectivity index (χ4v) is 1.69. The lowest BCUT2D eigenvalue weighted by atomic mass is 10.2. The van der Waals surface area contributed by atoms with Gasteiger partial charge in [-0.05, 0) is 18.2 Å². The standard InChI is InChI=1S/C13H10N4O6/c18-10-3-1-8(13(19)6-10)7-14-15-11-4-2-9(16(20)21)5-12(11)17(22)23/h1-7,15,18-19H/b14-7+. The van der Waals surface area contributed by atoms with Gasteiger partial charge in [-0.25, -0.2) is 0 Å². The number of benzene rings is 2. The highest BCUT2D eigenvalue weighted by Gasteiger charge is 2.19. The first-order chi connectivity index (χ1) is 10.9. The maximum atomic E-state index is 10.9. The number of rotatable bonds is 5. The predicted octanol–water partition coefficient (Wildman–Crippen LogP) is 2.36. The Balaban J connectivity index is 2.24. The van der Waals surface area contributed by atoms with Gasteiger partial charge in [-0.2, -0.15) is 5.10 Å². The Hall–Kier alpha value is -3.69. The first kappa shape index (κ1) is 15.7. The molecule has 118 valence electrons. The van der Waals surface area contributed by atoms with Crippen molar-refractivity contribution in [2.75, 3.05) is 5.43 Å². The lowest BCUT2D eigenvalue weighted by molar-refractivity contribution is -0.393. The van der Waals surface area contributed by atoms with Crippen molar-refractivity contribution >= 4 is 23.3 Å². The van der Waals surface area contributed by atoms with E-state index in [4.69, 9.17) is 5.11 Å². The third-order valence-corrected chi connectivity index (χ3v) is 2.79. The molecule has 0 radical (unpaired) electrons. The normalized spacial score (nSPS) is 10.6. The number of hydrogen-bond donors (Lipinski definition) is 3. The zero-order valence-electron chi connectivity index (χ0n) is 11.4. The van der Waals surface area contributed by atoms with Gasteiger partial charge in [0.25, 0.3) is 5.69 Å². The van der Waals surface area contributed by atoms with E-state index < -0.39 is 21.2 Å². The van der Waals surface area contributed by atoms with Gasteiger partial charge in [-0.3, -0.25) is 25.7 Å². The van der Waals surface area contributed by atoms with Gasteiger partial charge in [0.05, 0.1) is 22.1 Å². The monoisotopic (exact) mass is 318 g/mol. The molecule has 0 unspecified atom stereocenters. The van der Waals surface area contributed by atoms with Crippen molar-refractivity contribution < 1.29 is 20.1 Å². The van der Waals surface area contributed by atoms with E-state index in [-0.39, 0.29) is 22.7 Å². The summed E-state index contributed by atoms with van der Waals surface area (Å²) >= 11 is 0. The number of nitro benzene ring substituents is 2. The minimum absolute atomic E-state index is 0.0462. The van der Waals surface area contributed by atoms with Crippen LogP contribution in [-0.4, -0.2) is 26.3 Å². The Morgan fingerprint density at radius 2 is 1.78 bits per heavy atom. The van der Waals surface area contributed by atoms with E-state index in [1.807, 2.05) is 0 Å². The van der Waals surface area contributed by atoms with Crippen LogP contribution >= 0.6 is 0 Å². The molecule has 0 aliphatic carbocycles. The van der Waals surface area contributed by atoms with Crippen LogP contribution in [0, 0.1) is 20.2 Å². The molecule has 0 bridgehead atoms. The largest absolute Gasteiger partial charge is 0.508 e. The number of nitro groups is 2. The van der Waals surface area contributed by atoms with E-state index in [9.17, 15) is 25.3 Å². The van der Waals surface area contributed by atoms with E-state index in [1.54, 1.807) is 0 Å². The molecule has 0 saturated heterocycles. The number of hydrazone groups is 1. The first-order valence-electron chi connectivity index (χ1n) is 6.12. The number of hydrogen-bond acceptors (Lipinski definition) is 8. The number of phenolic OH excluding ortho intramolecular Hbond substituents is 2. The molecule has 3 N–H and O–H groups in total. The van der Waals surface area contributed by atoms with Gasteiger partial charge < -0.3 is 10.2 Å². The SMILES string of the molecule is O=[N+]([O-])c1ccc(N/N=C/c2ccc(O)cc2O)c([N+](=O)[O-])c1. The average Bonchev–Trinajstić information content (AvgIpc) is 2.49. The number of phenols is 2. The maximum absolute atomic E-state index is 10.9. The quantitative estimate of drug-likeness (QED) is 0.434. The van der Waals surface area contributed by atoms with Crippen molar-refractivity contribution in [3.8, 4) is 11.5 Å². The van der Waals surface area contributed by atoms with Crippen LogP contribution in [0.2, 0.25) is 0 Å². The summed E-state index contributed by atoms with van der Waals surface area (Å²) in [5.41, 5.74) is 1.68. The Bertz CT molecular complexity index is 805. The van der Waals surface area contributed by atoms with E-state index in [0.717, 1.165) is 24.3 Å². The summed E-state index contributed by atoms with van der Waals surface area (Å²) in [7, 11) is 0. The molecule has 0 saturated carbocycles. The molecule has 0 heterocycles. The molecular weight excluding hydrogens is 308 g/mol. The summed E-state index contributed by atoms with van der Waals surface area (Å²) in [6.07, 6.45) is 1.18. The number of anilines is 1. The van der Waals surface area contributed by atoms with Gasteiger partial charge >= 0.3 is 5.69 Å². The molecule has 0 aliphatic rings. The van der Waals surface area contributed by atoms with Gasteiger partial charge in [0, 0.05) is 17.7 Å². The van der Waals surface area contributed by atoms with Crippen molar-refractivity contribution in [3.05, 3.63) is 62.2 Å². The second-order valence-corrected chi connectivity index (χ2v) is 4.33. The summed E-state index contributed by atoms with van der Waals surface area (Å²) in [4.78, 5) is 20.1. The van der Waals surface area contributed by atoms with Crippen molar-refractivity contribution in [3.63, 3.8) is 0 Å². The smallest absolute Gasteiger partial charge is 0.301 e. The molecule has 23 heavy (non-hydrogen) atoms. The third-order valence-electron chi connectivity index (χ3n) is 2.79. The van der Waals surface area contributed by atoms with Crippen molar-refractivity contribution in [1.29, 1.82) is 0 Å². The summed E-state index contributed by atoms with van der Waals surface area (Å²) in [5.74, 6) is -0.354. The Morgan fingerprint density at radius 3 is 2.39 bits per heavy atom. The molecule has 10 nitrogen and oxygen atoms in total. The molecule has 2 rings (SSSR count). The van der Waals surface area contributed by atoms with Crippen LogP contribution < -0.4 is 5.43 Å². The van der Waals surface area contributed by atoms with Crippen LogP contribution in [0.4, 0.5) is 17.1 Å². The zero-order valence-corrected chi connectivity index (χ0v) is 11.4. The molecule has 2 aromatic rings. The highest BCUT2D eigenvalue weighted by molar-refractivity contribution is 5.84. The number of nitrogens with zero attached hydrogens (tertiary/aromatic N) is 3. The fourth-order valence-electron chi connectivity index (χ4n) is 1.69. The van der Waals surface area contributed by atoms with E-state index in [2.05, 4.69) is 10.5 Å². The molecule has 0 aliphatic heterocycles. The summed E-state index contributed by atoms with van der Waals surface area (Å²) in [6, 6.07) is 6.90. The second kappa shape index (κ2) is 6.39. The Kier molecular flexibility index (Phi) is 4.36. The third kappa shape index (κ3) is 3.69. The molecule has 0 amide bonds. The lowest BCUT2D eigenvalue weighted by Crippen LogP contribution is -1.98. The highest BCUT2D eigenvalue weighted by Crippen LogP contribution is 2.29. The number of non-ortho nitro benzene ring substituents is 1.